The first-order valence-electron chi connectivity index (χ1n) is 8.96. The van der Waals surface area contributed by atoms with Crippen molar-refractivity contribution in [1.82, 2.24) is 21.3 Å². The summed E-state index contributed by atoms with van der Waals surface area (Å²) in [7, 11) is 1.66. The van der Waals surface area contributed by atoms with Gasteiger partial charge in [0, 0.05) is 26.7 Å². The maximum absolute atomic E-state index is 12.0. The Morgan fingerprint density at radius 1 is 0.923 bits per heavy atom. The molecule has 2 amide bonds. The molecular formula is C18H37N5O3. The zero-order valence-corrected chi connectivity index (χ0v) is 17.8. The molecule has 8 heteroatoms. The van der Waals surface area contributed by atoms with Gasteiger partial charge in [0.2, 0.25) is 5.91 Å². The second-order valence-corrected chi connectivity index (χ2v) is 8.53. The van der Waals surface area contributed by atoms with Gasteiger partial charge in [0.15, 0.2) is 5.96 Å². The summed E-state index contributed by atoms with van der Waals surface area (Å²) in [5, 5.41) is 12.0. The Kier molecular flexibility index (Phi) is 8.90. The van der Waals surface area contributed by atoms with Gasteiger partial charge in [-0.1, -0.05) is 0 Å². The maximum Gasteiger partial charge on any atom is 0.408 e. The third-order valence-electron chi connectivity index (χ3n) is 3.41. The van der Waals surface area contributed by atoms with Crippen LogP contribution in [-0.2, 0) is 9.53 Å². The average Bonchev–Trinajstić information content (AvgIpc) is 2.44. The van der Waals surface area contributed by atoms with Gasteiger partial charge in [0.25, 0.3) is 0 Å². The van der Waals surface area contributed by atoms with E-state index < -0.39 is 22.6 Å². The molecule has 0 aliphatic heterocycles. The first-order chi connectivity index (χ1) is 11.7. The minimum Gasteiger partial charge on any atom is -0.444 e. The molecule has 0 bridgehead atoms. The molecule has 26 heavy (non-hydrogen) atoms. The quantitative estimate of drug-likeness (QED) is 0.402. The smallest absolute Gasteiger partial charge is 0.408 e. The van der Waals surface area contributed by atoms with Crippen LogP contribution in [0.1, 0.15) is 55.4 Å². The summed E-state index contributed by atoms with van der Waals surface area (Å²) in [4.78, 5) is 28.1. The molecule has 0 rings (SSSR count). The fourth-order valence-corrected chi connectivity index (χ4v) is 1.93. The summed E-state index contributed by atoms with van der Waals surface area (Å²) in [5.41, 5.74) is -1.66. The Balaban J connectivity index is 4.56. The van der Waals surface area contributed by atoms with Gasteiger partial charge in [-0.15, -0.1) is 0 Å². The molecule has 4 N–H and O–H groups in total. The van der Waals surface area contributed by atoms with E-state index in [1.165, 1.54) is 0 Å². The number of rotatable bonds is 7. The minimum absolute atomic E-state index is 0.0186. The molecule has 0 aliphatic rings. The van der Waals surface area contributed by atoms with Gasteiger partial charge in [-0.3, -0.25) is 9.79 Å². The first kappa shape index (κ1) is 24.0. The summed E-state index contributed by atoms with van der Waals surface area (Å²) in [5.74, 6) is 0.538. The molecule has 0 aromatic rings. The number of ether oxygens (including phenoxy) is 1. The van der Waals surface area contributed by atoms with E-state index in [1.54, 1.807) is 7.05 Å². The van der Waals surface area contributed by atoms with E-state index >= 15 is 0 Å². The Hall–Kier alpha value is -1.99. The van der Waals surface area contributed by atoms with Gasteiger partial charge in [0.1, 0.15) is 5.60 Å². The van der Waals surface area contributed by atoms with Gasteiger partial charge < -0.3 is 26.0 Å². The van der Waals surface area contributed by atoms with Crippen molar-refractivity contribution in [3.05, 3.63) is 0 Å². The number of carbonyl (C=O) groups is 2. The molecule has 0 aromatic carbocycles. The average molecular weight is 372 g/mol. The Morgan fingerprint density at radius 2 is 1.46 bits per heavy atom. The number of guanidine groups is 1. The van der Waals surface area contributed by atoms with E-state index in [0.717, 1.165) is 0 Å². The maximum atomic E-state index is 12.0. The predicted octanol–water partition coefficient (Wildman–Crippen LogP) is 1.62. The van der Waals surface area contributed by atoms with Crippen molar-refractivity contribution < 1.29 is 14.3 Å². The third kappa shape index (κ3) is 10.1. The molecule has 152 valence electrons. The van der Waals surface area contributed by atoms with Crippen molar-refractivity contribution in [2.24, 2.45) is 10.4 Å². The van der Waals surface area contributed by atoms with Gasteiger partial charge in [-0.05, 0) is 55.4 Å². The Morgan fingerprint density at radius 3 is 1.92 bits per heavy atom. The number of alkyl carbamates (subject to hydrolysis) is 1. The molecule has 0 heterocycles. The zero-order chi connectivity index (χ0) is 20.6. The van der Waals surface area contributed by atoms with Crippen molar-refractivity contribution in [1.29, 1.82) is 0 Å². The van der Waals surface area contributed by atoms with Gasteiger partial charge in [-0.2, -0.15) is 0 Å². The molecule has 0 saturated heterocycles. The summed E-state index contributed by atoms with van der Waals surface area (Å²) in [6, 6.07) is 0. The molecule has 0 radical (unpaired) electrons. The van der Waals surface area contributed by atoms with Crippen LogP contribution in [0.25, 0.3) is 0 Å². The molecule has 0 unspecified atom stereocenters. The predicted molar refractivity (Wildman–Crippen MR) is 105 cm³/mol. The van der Waals surface area contributed by atoms with Crippen LogP contribution in [0, 0.1) is 5.41 Å². The van der Waals surface area contributed by atoms with Crippen molar-refractivity contribution >= 4 is 18.0 Å². The van der Waals surface area contributed by atoms with Crippen molar-refractivity contribution in [3.63, 3.8) is 0 Å². The largest absolute Gasteiger partial charge is 0.444 e. The number of carbonyl (C=O) groups excluding carboxylic acids is 2. The van der Waals surface area contributed by atoms with Gasteiger partial charge in [-0.25, -0.2) is 4.79 Å². The van der Waals surface area contributed by atoms with Crippen molar-refractivity contribution in [2.75, 3.05) is 26.7 Å². The minimum atomic E-state index is -0.572. The highest BCUT2D eigenvalue weighted by atomic mass is 16.6. The summed E-state index contributed by atoms with van der Waals surface area (Å²) in [6.45, 7) is 16.3. The number of nitrogens with one attached hydrogen (secondary N) is 4. The van der Waals surface area contributed by atoms with Crippen LogP contribution in [0.2, 0.25) is 0 Å². The summed E-state index contributed by atoms with van der Waals surface area (Å²) < 4.78 is 5.28. The molecule has 0 aromatic heterocycles. The lowest BCUT2D eigenvalue weighted by Gasteiger charge is -2.30. The van der Waals surface area contributed by atoms with E-state index in [0.29, 0.717) is 25.6 Å². The second kappa shape index (κ2) is 9.64. The number of nitrogens with zero attached hydrogens (tertiary/aromatic N) is 1. The third-order valence-corrected chi connectivity index (χ3v) is 3.41. The molecule has 8 nitrogen and oxygen atoms in total. The van der Waals surface area contributed by atoms with E-state index in [9.17, 15) is 9.59 Å². The van der Waals surface area contributed by atoms with Crippen LogP contribution in [0.3, 0.4) is 0 Å². The topological polar surface area (TPSA) is 104 Å². The SMILES string of the molecule is CCNC(=O)C(C)(C)CNC(=NC)NCC(C)(C)NC(=O)OC(C)(C)C. The fraction of sp³-hybridized carbons (Fsp3) is 0.833. The van der Waals surface area contributed by atoms with Crippen LogP contribution in [0.5, 0.6) is 0 Å². The van der Waals surface area contributed by atoms with E-state index in [2.05, 4.69) is 26.3 Å². The molecule has 0 saturated carbocycles. The summed E-state index contributed by atoms with van der Waals surface area (Å²) >= 11 is 0. The lowest BCUT2D eigenvalue weighted by Crippen LogP contribution is -2.55. The lowest BCUT2D eigenvalue weighted by atomic mass is 9.92. The van der Waals surface area contributed by atoms with Crippen LogP contribution in [0.4, 0.5) is 4.79 Å². The van der Waals surface area contributed by atoms with E-state index in [1.807, 2.05) is 55.4 Å². The van der Waals surface area contributed by atoms with Crippen LogP contribution in [0.15, 0.2) is 4.99 Å². The highest BCUT2D eigenvalue weighted by Crippen LogP contribution is 2.13. The monoisotopic (exact) mass is 371 g/mol. The molecule has 0 atom stereocenters. The highest BCUT2D eigenvalue weighted by molar-refractivity contribution is 5.84. The van der Waals surface area contributed by atoms with Crippen LogP contribution < -0.4 is 21.3 Å². The normalized spacial score (nSPS) is 13.0. The second-order valence-electron chi connectivity index (χ2n) is 8.53. The number of amides is 2. The Labute approximate surface area is 157 Å². The number of aliphatic imine (C=N–C) groups is 1. The number of hydrogen-bond acceptors (Lipinski definition) is 4. The van der Waals surface area contributed by atoms with Crippen molar-refractivity contribution in [3.8, 4) is 0 Å². The number of hydrogen-bond donors (Lipinski definition) is 4. The fourth-order valence-electron chi connectivity index (χ4n) is 1.93. The van der Waals surface area contributed by atoms with Crippen LogP contribution >= 0.6 is 0 Å². The molecular weight excluding hydrogens is 334 g/mol. The standard InChI is InChI=1S/C18H37N5O3/c1-10-20-13(24)17(5,6)11-21-14(19-9)22-12-18(7,8)23-15(25)26-16(2,3)4/h10-12H2,1-9H3,(H,20,24)(H,23,25)(H2,19,21,22). The highest BCUT2D eigenvalue weighted by Gasteiger charge is 2.28. The zero-order valence-electron chi connectivity index (χ0n) is 17.8. The summed E-state index contributed by atoms with van der Waals surface area (Å²) in [6.07, 6.45) is -0.468. The Bertz CT molecular complexity index is 507. The molecule has 0 aliphatic carbocycles. The van der Waals surface area contributed by atoms with Gasteiger partial charge >= 0.3 is 6.09 Å². The lowest BCUT2D eigenvalue weighted by molar-refractivity contribution is -0.128. The first-order valence-corrected chi connectivity index (χ1v) is 8.96. The van der Waals surface area contributed by atoms with Crippen molar-refractivity contribution in [2.45, 2.75) is 66.5 Å². The van der Waals surface area contributed by atoms with Crippen LogP contribution in [-0.4, -0.2) is 55.8 Å². The van der Waals surface area contributed by atoms with E-state index in [-0.39, 0.29) is 5.91 Å². The molecule has 0 spiro atoms. The molecule has 0 fully saturated rings. The van der Waals surface area contributed by atoms with E-state index in [4.69, 9.17) is 4.74 Å². The van der Waals surface area contributed by atoms with Gasteiger partial charge in [0.05, 0.1) is 11.0 Å².